The van der Waals surface area contributed by atoms with E-state index in [4.69, 9.17) is 9.47 Å². The first-order valence-electron chi connectivity index (χ1n) is 6.78. The first kappa shape index (κ1) is 14.4. The van der Waals surface area contributed by atoms with Crippen molar-refractivity contribution >= 4 is 0 Å². The van der Waals surface area contributed by atoms with E-state index in [9.17, 15) is 0 Å². The maximum absolute atomic E-state index is 5.77. The average Bonchev–Trinajstić information content (AvgIpc) is 2.49. The highest BCUT2D eigenvalue weighted by Gasteiger charge is 2.04. The van der Waals surface area contributed by atoms with Crippen molar-refractivity contribution in [3.05, 3.63) is 60.2 Å². The third-order valence-electron chi connectivity index (χ3n) is 3.09. The van der Waals surface area contributed by atoms with Gasteiger partial charge in [0.2, 0.25) is 0 Å². The lowest BCUT2D eigenvalue weighted by atomic mass is 10.2. The van der Waals surface area contributed by atoms with Crippen LogP contribution in [0.5, 0.6) is 11.5 Å². The maximum Gasteiger partial charge on any atom is 0.161 e. The number of para-hydroxylation sites is 2. The number of hydrogen-bond acceptors (Lipinski definition) is 3. The summed E-state index contributed by atoms with van der Waals surface area (Å²) in [7, 11) is 3.75. The molecule has 0 aromatic heterocycles. The molecule has 2 aromatic rings. The molecule has 0 fully saturated rings. The van der Waals surface area contributed by atoms with Crippen molar-refractivity contribution in [1.29, 1.82) is 0 Å². The van der Waals surface area contributed by atoms with Crippen LogP contribution < -0.4 is 9.47 Å². The molecular formula is C17H21NO2. The normalized spacial score (nSPS) is 10.6. The van der Waals surface area contributed by atoms with Crippen molar-refractivity contribution in [2.45, 2.75) is 6.54 Å². The molecule has 0 bridgehead atoms. The second-order valence-electron chi connectivity index (χ2n) is 4.72. The van der Waals surface area contributed by atoms with Crippen molar-refractivity contribution < 1.29 is 9.47 Å². The summed E-state index contributed by atoms with van der Waals surface area (Å²) in [4.78, 5) is 2.24. The van der Waals surface area contributed by atoms with Crippen LogP contribution in [0.25, 0.3) is 0 Å². The molecule has 0 spiro atoms. The predicted octanol–water partition coefficient (Wildman–Crippen LogP) is 3.21. The zero-order chi connectivity index (χ0) is 14.2. The van der Waals surface area contributed by atoms with Crippen molar-refractivity contribution in [3.63, 3.8) is 0 Å². The monoisotopic (exact) mass is 271 g/mol. The van der Waals surface area contributed by atoms with Gasteiger partial charge in [-0.1, -0.05) is 42.5 Å². The van der Waals surface area contributed by atoms with Crippen LogP contribution in [-0.2, 0) is 6.54 Å². The Bertz CT molecular complexity index is 513. The quantitative estimate of drug-likeness (QED) is 0.772. The molecule has 0 radical (unpaired) electrons. The van der Waals surface area contributed by atoms with Gasteiger partial charge in [-0.15, -0.1) is 0 Å². The zero-order valence-electron chi connectivity index (χ0n) is 12.1. The third-order valence-corrected chi connectivity index (χ3v) is 3.09. The standard InChI is InChI=1S/C17H21NO2/c1-18(14-15-8-4-3-5-9-15)12-13-20-17-11-7-6-10-16(17)19-2/h3-11H,12-14H2,1-2H3. The summed E-state index contributed by atoms with van der Waals surface area (Å²) >= 11 is 0. The van der Waals surface area contributed by atoms with Gasteiger partial charge >= 0.3 is 0 Å². The summed E-state index contributed by atoms with van der Waals surface area (Å²) in [5, 5.41) is 0. The van der Waals surface area contributed by atoms with Crippen molar-refractivity contribution in [3.8, 4) is 11.5 Å². The SMILES string of the molecule is COc1ccccc1OCCN(C)Cc1ccccc1. The van der Waals surface area contributed by atoms with Gasteiger partial charge in [0.25, 0.3) is 0 Å². The Kier molecular flexibility index (Phi) is 5.44. The van der Waals surface area contributed by atoms with Gasteiger partial charge in [0.1, 0.15) is 6.61 Å². The molecule has 0 aliphatic carbocycles. The Morgan fingerprint density at radius 2 is 1.55 bits per heavy atom. The Hall–Kier alpha value is -2.00. The Morgan fingerprint density at radius 3 is 2.25 bits per heavy atom. The number of methoxy groups -OCH3 is 1. The molecule has 0 atom stereocenters. The van der Waals surface area contributed by atoms with Crippen LogP contribution in [0, 0.1) is 0 Å². The lowest BCUT2D eigenvalue weighted by Crippen LogP contribution is -2.23. The molecule has 20 heavy (non-hydrogen) atoms. The van der Waals surface area contributed by atoms with Gasteiger partial charge in [0, 0.05) is 13.1 Å². The predicted molar refractivity (Wildman–Crippen MR) is 81.3 cm³/mol. The van der Waals surface area contributed by atoms with Gasteiger partial charge < -0.3 is 9.47 Å². The van der Waals surface area contributed by atoms with Crippen molar-refractivity contribution in [1.82, 2.24) is 4.90 Å². The van der Waals surface area contributed by atoms with E-state index in [1.165, 1.54) is 5.56 Å². The van der Waals surface area contributed by atoms with Crippen LogP contribution in [0.2, 0.25) is 0 Å². The van der Waals surface area contributed by atoms with E-state index >= 15 is 0 Å². The number of likely N-dealkylation sites (N-methyl/N-ethyl adjacent to an activating group) is 1. The first-order chi connectivity index (χ1) is 9.79. The molecule has 0 saturated heterocycles. The topological polar surface area (TPSA) is 21.7 Å². The molecule has 106 valence electrons. The number of benzene rings is 2. The second-order valence-corrected chi connectivity index (χ2v) is 4.72. The number of rotatable bonds is 7. The zero-order valence-corrected chi connectivity index (χ0v) is 12.1. The highest BCUT2D eigenvalue weighted by atomic mass is 16.5. The fraction of sp³-hybridized carbons (Fsp3) is 0.294. The van der Waals surface area contributed by atoms with Crippen LogP contribution in [0.1, 0.15) is 5.56 Å². The van der Waals surface area contributed by atoms with E-state index in [1.807, 2.05) is 30.3 Å². The lowest BCUT2D eigenvalue weighted by molar-refractivity contribution is 0.226. The minimum absolute atomic E-state index is 0.643. The average molecular weight is 271 g/mol. The largest absolute Gasteiger partial charge is 0.493 e. The smallest absolute Gasteiger partial charge is 0.161 e. The van der Waals surface area contributed by atoms with E-state index in [2.05, 4.69) is 36.2 Å². The number of hydrogen-bond donors (Lipinski definition) is 0. The van der Waals surface area contributed by atoms with Gasteiger partial charge in [0.15, 0.2) is 11.5 Å². The highest BCUT2D eigenvalue weighted by molar-refractivity contribution is 5.39. The summed E-state index contributed by atoms with van der Waals surface area (Å²) < 4.78 is 11.0. The third kappa shape index (κ3) is 4.28. The molecule has 0 unspecified atom stereocenters. The molecule has 0 aliphatic heterocycles. The van der Waals surface area contributed by atoms with Crippen LogP contribution >= 0.6 is 0 Å². The highest BCUT2D eigenvalue weighted by Crippen LogP contribution is 2.25. The summed E-state index contributed by atoms with van der Waals surface area (Å²) in [5.41, 5.74) is 1.31. The minimum atomic E-state index is 0.643. The number of ether oxygens (including phenoxy) is 2. The van der Waals surface area contributed by atoms with Crippen LogP contribution in [0.15, 0.2) is 54.6 Å². The Balaban J connectivity index is 1.78. The van der Waals surface area contributed by atoms with Gasteiger partial charge in [-0.25, -0.2) is 0 Å². The van der Waals surface area contributed by atoms with Crippen molar-refractivity contribution in [2.75, 3.05) is 27.3 Å². The van der Waals surface area contributed by atoms with E-state index < -0.39 is 0 Å². The lowest BCUT2D eigenvalue weighted by Gasteiger charge is -2.17. The molecular weight excluding hydrogens is 250 g/mol. The summed E-state index contributed by atoms with van der Waals surface area (Å²) in [6.45, 7) is 2.44. The molecule has 0 heterocycles. The fourth-order valence-corrected chi connectivity index (χ4v) is 2.02. The molecule has 0 amide bonds. The fourth-order valence-electron chi connectivity index (χ4n) is 2.02. The second kappa shape index (κ2) is 7.56. The van der Waals surface area contributed by atoms with Crippen LogP contribution in [0.3, 0.4) is 0 Å². The van der Waals surface area contributed by atoms with Crippen LogP contribution in [0.4, 0.5) is 0 Å². The molecule has 0 saturated carbocycles. The molecule has 2 rings (SSSR count). The minimum Gasteiger partial charge on any atom is -0.493 e. The van der Waals surface area contributed by atoms with E-state index in [0.29, 0.717) is 6.61 Å². The molecule has 2 aromatic carbocycles. The van der Waals surface area contributed by atoms with E-state index in [-0.39, 0.29) is 0 Å². The molecule has 0 aliphatic rings. The van der Waals surface area contributed by atoms with Crippen LogP contribution in [-0.4, -0.2) is 32.2 Å². The Morgan fingerprint density at radius 1 is 0.900 bits per heavy atom. The summed E-state index contributed by atoms with van der Waals surface area (Å²) in [5.74, 6) is 1.57. The Labute approximate surface area is 120 Å². The molecule has 3 nitrogen and oxygen atoms in total. The summed E-state index contributed by atoms with van der Waals surface area (Å²) in [6, 6.07) is 18.2. The molecule has 3 heteroatoms. The number of nitrogens with zero attached hydrogens (tertiary/aromatic N) is 1. The van der Waals surface area contributed by atoms with Gasteiger partial charge in [-0.2, -0.15) is 0 Å². The maximum atomic E-state index is 5.77. The van der Waals surface area contributed by atoms with Crippen molar-refractivity contribution in [2.24, 2.45) is 0 Å². The van der Waals surface area contributed by atoms with E-state index in [0.717, 1.165) is 24.6 Å². The van der Waals surface area contributed by atoms with Gasteiger partial charge in [0.05, 0.1) is 7.11 Å². The van der Waals surface area contributed by atoms with E-state index in [1.54, 1.807) is 7.11 Å². The summed E-state index contributed by atoms with van der Waals surface area (Å²) in [6.07, 6.45) is 0. The van der Waals surface area contributed by atoms with Gasteiger partial charge in [-0.3, -0.25) is 4.90 Å². The van der Waals surface area contributed by atoms with Gasteiger partial charge in [-0.05, 0) is 24.7 Å². The first-order valence-corrected chi connectivity index (χ1v) is 6.78. The molecule has 0 N–H and O–H groups in total.